The Balaban J connectivity index is 1.85. The topological polar surface area (TPSA) is 50.6 Å². The van der Waals surface area contributed by atoms with E-state index in [1.54, 1.807) is 4.90 Å². The van der Waals surface area contributed by atoms with Crippen LogP contribution in [-0.2, 0) is 17.8 Å². The number of carbonyl (C=O) groups excluding carboxylic acids is 1. The van der Waals surface area contributed by atoms with E-state index in [4.69, 9.17) is 16.3 Å². The Morgan fingerprint density at radius 2 is 1.95 bits per heavy atom. The zero-order valence-electron chi connectivity index (χ0n) is 13.2. The molecule has 0 unspecified atom stereocenters. The fourth-order valence-electron chi connectivity index (χ4n) is 3.00. The lowest BCUT2D eigenvalue weighted by molar-refractivity contribution is 0.0298. The van der Waals surface area contributed by atoms with Crippen LogP contribution >= 0.6 is 11.6 Å². The van der Waals surface area contributed by atoms with Gasteiger partial charge in [0.25, 0.3) is 5.91 Å². The van der Waals surface area contributed by atoms with E-state index in [1.807, 2.05) is 4.68 Å². The van der Waals surface area contributed by atoms with Crippen LogP contribution in [0.4, 0.5) is 0 Å². The van der Waals surface area contributed by atoms with Gasteiger partial charge in [0.15, 0.2) is 5.69 Å². The van der Waals surface area contributed by atoms with Gasteiger partial charge >= 0.3 is 0 Å². The highest BCUT2D eigenvalue weighted by Gasteiger charge is 2.29. The molecule has 0 radical (unpaired) electrons. The lowest BCUT2D eigenvalue weighted by atomic mass is 10.2. The van der Waals surface area contributed by atoms with Gasteiger partial charge in [0.1, 0.15) is 0 Å². The summed E-state index contributed by atoms with van der Waals surface area (Å²) in [7, 11) is 0. The van der Waals surface area contributed by atoms with Crippen molar-refractivity contribution in [3.8, 4) is 0 Å². The average Bonchev–Trinajstić information content (AvgIpc) is 2.71. The number of morpholine rings is 1. The van der Waals surface area contributed by atoms with Crippen LogP contribution in [0.25, 0.3) is 0 Å². The second-order valence-corrected chi connectivity index (χ2v) is 6.53. The number of ether oxygens (including phenoxy) is 1. The monoisotopic (exact) mass is 326 g/mol. The van der Waals surface area contributed by atoms with Gasteiger partial charge in [0.2, 0.25) is 0 Å². The van der Waals surface area contributed by atoms with E-state index in [0.717, 1.165) is 31.7 Å². The van der Waals surface area contributed by atoms with Crippen molar-refractivity contribution in [3.05, 3.63) is 16.4 Å². The van der Waals surface area contributed by atoms with E-state index in [9.17, 15) is 4.79 Å². The number of hydrogen-bond donors (Lipinski definition) is 0. The molecule has 2 aliphatic heterocycles. The molecule has 1 amide bonds. The standard InChI is InChI=1S/C15H23ClN4O2/c1-11(2)19-4-3-5-20-12(10-19)13(16)14(17-20)15(21)18-6-8-22-9-7-18/h11H,3-10H2,1-2H3. The molecule has 7 heteroatoms. The quantitative estimate of drug-likeness (QED) is 0.829. The summed E-state index contributed by atoms with van der Waals surface area (Å²) in [6.07, 6.45) is 1.02. The minimum absolute atomic E-state index is 0.0787. The van der Waals surface area contributed by atoms with Gasteiger partial charge in [-0.05, 0) is 20.3 Å². The lowest BCUT2D eigenvalue weighted by Gasteiger charge is -2.26. The first-order valence-corrected chi connectivity index (χ1v) is 8.32. The van der Waals surface area contributed by atoms with Gasteiger partial charge in [-0.25, -0.2) is 0 Å². The number of aromatic nitrogens is 2. The van der Waals surface area contributed by atoms with Crippen molar-refractivity contribution >= 4 is 17.5 Å². The smallest absolute Gasteiger partial charge is 0.276 e. The van der Waals surface area contributed by atoms with Crippen LogP contribution in [0.5, 0.6) is 0 Å². The second kappa shape index (κ2) is 6.56. The van der Waals surface area contributed by atoms with Crippen molar-refractivity contribution in [3.63, 3.8) is 0 Å². The summed E-state index contributed by atoms with van der Waals surface area (Å²) >= 11 is 6.51. The number of fused-ring (bicyclic) bond motifs is 1. The van der Waals surface area contributed by atoms with Crippen molar-refractivity contribution in [1.29, 1.82) is 0 Å². The molecule has 0 bridgehead atoms. The zero-order chi connectivity index (χ0) is 15.7. The van der Waals surface area contributed by atoms with Crippen LogP contribution < -0.4 is 0 Å². The zero-order valence-corrected chi connectivity index (χ0v) is 14.0. The SMILES string of the molecule is CC(C)N1CCCn2nc(C(=O)N3CCOCC3)c(Cl)c2C1. The summed E-state index contributed by atoms with van der Waals surface area (Å²) < 4.78 is 7.21. The van der Waals surface area contributed by atoms with Crippen LogP contribution in [-0.4, -0.2) is 64.4 Å². The maximum Gasteiger partial charge on any atom is 0.276 e. The Bertz CT molecular complexity index is 552. The second-order valence-electron chi connectivity index (χ2n) is 6.15. The molecule has 3 rings (SSSR count). The third-order valence-corrected chi connectivity index (χ3v) is 4.79. The molecule has 22 heavy (non-hydrogen) atoms. The Morgan fingerprint density at radius 3 is 2.64 bits per heavy atom. The highest BCUT2D eigenvalue weighted by molar-refractivity contribution is 6.34. The van der Waals surface area contributed by atoms with Gasteiger partial charge in [0, 0.05) is 38.8 Å². The maximum atomic E-state index is 12.6. The molecule has 1 aromatic rings. The normalized spacial score (nSPS) is 20.1. The summed E-state index contributed by atoms with van der Waals surface area (Å²) in [4.78, 5) is 16.8. The molecule has 0 spiro atoms. The fourth-order valence-corrected chi connectivity index (χ4v) is 3.28. The summed E-state index contributed by atoms with van der Waals surface area (Å²) in [5, 5.41) is 5.02. The highest BCUT2D eigenvalue weighted by Crippen LogP contribution is 2.26. The van der Waals surface area contributed by atoms with Crippen LogP contribution in [0.2, 0.25) is 5.02 Å². The average molecular weight is 327 g/mol. The molecule has 0 atom stereocenters. The van der Waals surface area contributed by atoms with Gasteiger partial charge in [0.05, 0.1) is 23.9 Å². The van der Waals surface area contributed by atoms with Crippen molar-refractivity contribution in [2.24, 2.45) is 0 Å². The van der Waals surface area contributed by atoms with E-state index in [2.05, 4.69) is 23.8 Å². The van der Waals surface area contributed by atoms with Crippen LogP contribution in [0.1, 0.15) is 36.5 Å². The first-order valence-electron chi connectivity index (χ1n) is 7.94. The number of amides is 1. The van der Waals surface area contributed by atoms with E-state index in [0.29, 0.717) is 43.1 Å². The number of nitrogens with zero attached hydrogens (tertiary/aromatic N) is 4. The fraction of sp³-hybridized carbons (Fsp3) is 0.733. The van der Waals surface area contributed by atoms with E-state index in [-0.39, 0.29) is 5.91 Å². The van der Waals surface area contributed by atoms with E-state index >= 15 is 0 Å². The molecule has 6 nitrogen and oxygen atoms in total. The third-order valence-electron chi connectivity index (χ3n) is 4.39. The van der Waals surface area contributed by atoms with Gasteiger partial charge in [-0.2, -0.15) is 5.10 Å². The Hall–Kier alpha value is -1.11. The first-order chi connectivity index (χ1) is 10.6. The number of halogens is 1. The molecule has 0 aliphatic carbocycles. The van der Waals surface area contributed by atoms with Crippen molar-refractivity contribution < 1.29 is 9.53 Å². The molecular weight excluding hydrogens is 304 g/mol. The van der Waals surface area contributed by atoms with Gasteiger partial charge in [-0.1, -0.05) is 11.6 Å². The summed E-state index contributed by atoms with van der Waals surface area (Å²) in [5.41, 5.74) is 1.36. The molecule has 1 aromatic heterocycles. The third kappa shape index (κ3) is 3.00. The minimum atomic E-state index is -0.0787. The molecule has 2 aliphatic rings. The van der Waals surface area contributed by atoms with E-state index < -0.39 is 0 Å². The largest absolute Gasteiger partial charge is 0.378 e. The van der Waals surface area contributed by atoms with Crippen molar-refractivity contribution in [1.82, 2.24) is 19.6 Å². The molecule has 122 valence electrons. The molecule has 0 aromatic carbocycles. The first kappa shape index (κ1) is 15.8. The minimum Gasteiger partial charge on any atom is -0.378 e. The Kier molecular flexibility index (Phi) is 4.70. The summed E-state index contributed by atoms with van der Waals surface area (Å²) in [6.45, 7) is 9.33. The number of rotatable bonds is 2. The molecule has 0 N–H and O–H groups in total. The predicted molar refractivity (Wildman–Crippen MR) is 84.1 cm³/mol. The summed E-state index contributed by atoms with van der Waals surface area (Å²) in [5.74, 6) is -0.0787. The molecule has 1 saturated heterocycles. The van der Waals surface area contributed by atoms with Gasteiger partial charge in [-0.15, -0.1) is 0 Å². The number of hydrogen-bond acceptors (Lipinski definition) is 4. The van der Waals surface area contributed by atoms with Crippen molar-refractivity contribution in [2.45, 2.75) is 39.4 Å². The molecular formula is C15H23ClN4O2. The van der Waals surface area contributed by atoms with Gasteiger partial charge in [-0.3, -0.25) is 14.4 Å². The summed E-state index contributed by atoms with van der Waals surface area (Å²) in [6, 6.07) is 0.455. The number of aryl methyl sites for hydroxylation is 1. The lowest BCUT2D eigenvalue weighted by Crippen LogP contribution is -2.41. The van der Waals surface area contributed by atoms with Crippen molar-refractivity contribution in [2.75, 3.05) is 32.8 Å². The Morgan fingerprint density at radius 1 is 1.23 bits per heavy atom. The highest BCUT2D eigenvalue weighted by atomic mass is 35.5. The molecule has 3 heterocycles. The Labute approximate surface area is 136 Å². The van der Waals surface area contributed by atoms with Gasteiger partial charge < -0.3 is 9.64 Å². The molecule has 1 fully saturated rings. The predicted octanol–water partition coefficient (Wildman–Crippen LogP) is 1.62. The molecule has 0 saturated carbocycles. The maximum absolute atomic E-state index is 12.6. The van der Waals surface area contributed by atoms with Crippen LogP contribution in [0, 0.1) is 0 Å². The number of carbonyl (C=O) groups is 1. The van der Waals surface area contributed by atoms with Crippen LogP contribution in [0.3, 0.4) is 0 Å². The van der Waals surface area contributed by atoms with Crippen LogP contribution in [0.15, 0.2) is 0 Å². The van der Waals surface area contributed by atoms with E-state index in [1.165, 1.54) is 0 Å².